The van der Waals surface area contributed by atoms with E-state index in [0.29, 0.717) is 30.8 Å². The molecule has 0 aliphatic heterocycles. The minimum atomic E-state index is -1.22. The minimum absolute atomic E-state index is 0.139. The third-order valence-electron chi connectivity index (χ3n) is 5.58. The Balaban J connectivity index is 1.68. The van der Waals surface area contributed by atoms with Crippen LogP contribution in [-0.2, 0) is 14.3 Å². The van der Waals surface area contributed by atoms with Crippen LogP contribution in [0.4, 0.5) is 4.79 Å². The van der Waals surface area contributed by atoms with E-state index in [2.05, 4.69) is 24.1 Å². The molecule has 6 heteroatoms. The predicted molar refractivity (Wildman–Crippen MR) is 101 cm³/mol. The van der Waals surface area contributed by atoms with Crippen molar-refractivity contribution in [2.45, 2.75) is 77.2 Å². The van der Waals surface area contributed by atoms with Crippen LogP contribution in [0.5, 0.6) is 0 Å². The zero-order chi connectivity index (χ0) is 19.6. The Hall–Kier alpha value is -2.03. The Bertz CT molecular complexity index is 573. The minimum Gasteiger partial charge on any atom is -0.480 e. The molecule has 1 saturated carbocycles. The number of carbonyl (C=O) groups excluding carboxylic acids is 2. The summed E-state index contributed by atoms with van der Waals surface area (Å²) < 4.78 is 5.25. The summed E-state index contributed by atoms with van der Waals surface area (Å²) in [6, 6.07) is -1.22. The summed E-state index contributed by atoms with van der Waals surface area (Å²) in [6.45, 7) is 2.39. The Morgan fingerprint density at radius 1 is 1.11 bits per heavy atom. The summed E-state index contributed by atoms with van der Waals surface area (Å²) >= 11 is 0. The van der Waals surface area contributed by atoms with E-state index in [-0.39, 0.29) is 12.2 Å². The molecule has 0 aromatic heterocycles. The largest absolute Gasteiger partial charge is 0.480 e. The number of nitrogens with one attached hydrogen (secondary N) is 1. The number of hydrogen-bond donors (Lipinski definition) is 2. The highest BCUT2D eigenvalue weighted by Gasteiger charge is 2.49. The first-order valence-electron chi connectivity index (χ1n) is 10.2. The van der Waals surface area contributed by atoms with Gasteiger partial charge in [-0.05, 0) is 37.0 Å². The molecule has 0 aromatic carbocycles. The van der Waals surface area contributed by atoms with Gasteiger partial charge in [0.1, 0.15) is 11.8 Å². The van der Waals surface area contributed by atoms with Gasteiger partial charge in [0, 0.05) is 25.7 Å². The molecule has 2 aliphatic carbocycles. The summed E-state index contributed by atoms with van der Waals surface area (Å²) in [5.74, 6) is 6.41. The Morgan fingerprint density at radius 2 is 1.78 bits per heavy atom. The molecular weight excluding hydrogens is 346 g/mol. The summed E-state index contributed by atoms with van der Waals surface area (Å²) in [6.07, 6.45) is 7.14. The fourth-order valence-electron chi connectivity index (χ4n) is 3.92. The van der Waals surface area contributed by atoms with Crippen LogP contribution in [0.25, 0.3) is 0 Å². The lowest BCUT2D eigenvalue weighted by Gasteiger charge is -2.14. The molecule has 2 unspecified atom stereocenters. The van der Waals surface area contributed by atoms with E-state index < -0.39 is 18.1 Å². The third kappa shape index (κ3) is 7.24. The Morgan fingerprint density at radius 3 is 2.37 bits per heavy atom. The maximum absolute atomic E-state index is 12.0. The van der Waals surface area contributed by atoms with Crippen molar-refractivity contribution in [1.82, 2.24) is 5.32 Å². The van der Waals surface area contributed by atoms with E-state index in [4.69, 9.17) is 4.74 Å². The quantitative estimate of drug-likeness (QED) is 0.424. The zero-order valence-corrected chi connectivity index (χ0v) is 16.2. The van der Waals surface area contributed by atoms with E-state index in [1.54, 1.807) is 0 Å². The van der Waals surface area contributed by atoms with Crippen LogP contribution in [0.2, 0.25) is 0 Å². The average molecular weight is 377 g/mol. The van der Waals surface area contributed by atoms with Gasteiger partial charge in [0.05, 0.1) is 6.61 Å². The van der Waals surface area contributed by atoms with Crippen molar-refractivity contribution in [2.75, 3.05) is 6.61 Å². The highest BCUT2D eigenvalue weighted by Crippen LogP contribution is 2.52. The molecular formula is C21H31NO5. The standard InChI is InChI=1S/C21H31NO5/c1-2-3-4-7-10-15(23)13-19(20(24)25)22-21(26)27-14-18-16-11-8-5-6-9-12-17(16)18/h16-19H,2-4,7-14H2,1H3,(H,22,26)(H,24,25)/t16?,17?,18?,19-/m0/s1. The van der Waals surface area contributed by atoms with Crippen LogP contribution in [0.1, 0.15) is 71.1 Å². The number of Topliss-reactive ketones (excluding diaryl/α,β-unsaturated/α-hetero) is 1. The van der Waals surface area contributed by atoms with Crippen molar-refractivity contribution in [3.8, 4) is 11.8 Å². The molecule has 2 N–H and O–H groups in total. The van der Waals surface area contributed by atoms with Gasteiger partial charge in [-0.25, -0.2) is 9.59 Å². The maximum atomic E-state index is 12.0. The molecule has 0 bridgehead atoms. The summed E-state index contributed by atoms with van der Waals surface area (Å²) in [5.41, 5.74) is 0. The van der Waals surface area contributed by atoms with Gasteiger partial charge in [0.25, 0.3) is 0 Å². The van der Waals surface area contributed by atoms with Gasteiger partial charge in [0.15, 0.2) is 0 Å². The van der Waals surface area contributed by atoms with Crippen LogP contribution in [0.3, 0.4) is 0 Å². The second-order valence-corrected chi connectivity index (χ2v) is 7.61. The number of hydrogen-bond acceptors (Lipinski definition) is 4. The first-order valence-corrected chi connectivity index (χ1v) is 10.2. The van der Waals surface area contributed by atoms with Gasteiger partial charge < -0.3 is 15.2 Å². The summed E-state index contributed by atoms with van der Waals surface area (Å²) in [5, 5.41) is 11.6. The SMILES string of the molecule is CCCCCCC(=O)C[C@H](NC(=O)OCC1C2CCC#CCCC21)C(=O)O. The van der Waals surface area contributed by atoms with Crippen molar-refractivity contribution in [1.29, 1.82) is 0 Å². The second-order valence-electron chi connectivity index (χ2n) is 7.61. The summed E-state index contributed by atoms with van der Waals surface area (Å²) in [4.78, 5) is 35.3. The Kier molecular flexibility index (Phi) is 8.63. The molecule has 2 rings (SSSR count). The number of carbonyl (C=O) groups is 3. The van der Waals surface area contributed by atoms with Gasteiger partial charge in [-0.15, -0.1) is 11.8 Å². The highest BCUT2D eigenvalue weighted by molar-refractivity contribution is 5.88. The molecule has 150 valence electrons. The molecule has 0 spiro atoms. The van der Waals surface area contributed by atoms with Gasteiger partial charge in [-0.3, -0.25) is 4.79 Å². The Labute approximate surface area is 161 Å². The molecule has 0 heterocycles. The number of ketones is 1. The number of alkyl carbamates (subject to hydrolysis) is 1. The highest BCUT2D eigenvalue weighted by atomic mass is 16.5. The van der Waals surface area contributed by atoms with Crippen LogP contribution in [-0.4, -0.2) is 35.6 Å². The normalized spacial score (nSPS) is 24.3. The van der Waals surface area contributed by atoms with Gasteiger partial charge >= 0.3 is 12.1 Å². The monoisotopic (exact) mass is 377 g/mol. The molecule has 2 aliphatic rings. The lowest BCUT2D eigenvalue weighted by molar-refractivity contribution is -0.141. The molecule has 3 atom stereocenters. The van der Waals surface area contributed by atoms with Crippen LogP contribution >= 0.6 is 0 Å². The van der Waals surface area contributed by atoms with E-state index >= 15 is 0 Å². The van der Waals surface area contributed by atoms with Crippen LogP contribution < -0.4 is 5.32 Å². The van der Waals surface area contributed by atoms with Crippen LogP contribution in [0, 0.1) is 29.6 Å². The van der Waals surface area contributed by atoms with Crippen molar-refractivity contribution in [3.63, 3.8) is 0 Å². The van der Waals surface area contributed by atoms with E-state index in [0.717, 1.165) is 51.4 Å². The lowest BCUT2D eigenvalue weighted by Crippen LogP contribution is -2.42. The molecule has 0 radical (unpaired) electrons. The van der Waals surface area contributed by atoms with E-state index in [1.807, 2.05) is 0 Å². The topological polar surface area (TPSA) is 92.7 Å². The molecule has 6 nitrogen and oxygen atoms in total. The third-order valence-corrected chi connectivity index (χ3v) is 5.58. The molecule has 27 heavy (non-hydrogen) atoms. The van der Waals surface area contributed by atoms with Gasteiger partial charge in [-0.2, -0.15) is 0 Å². The lowest BCUT2D eigenvalue weighted by atomic mass is 10.0. The van der Waals surface area contributed by atoms with E-state index in [1.165, 1.54) is 0 Å². The fourth-order valence-corrected chi connectivity index (χ4v) is 3.92. The number of carboxylic acid groups (broad SMARTS) is 1. The maximum Gasteiger partial charge on any atom is 0.407 e. The molecule has 1 fully saturated rings. The number of amides is 1. The number of ether oxygens (including phenoxy) is 1. The second kappa shape index (κ2) is 11.0. The number of fused-ring (bicyclic) bond motifs is 1. The number of aliphatic carboxylic acids is 1. The molecule has 1 amide bonds. The van der Waals surface area contributed by atoms with Crippen molar-refractivity contribution < 1.29 is 24.2 Å². The van der Waals surface area contributed by atoms with Gasteiger partial charge in [-0.1, -0.05) is 26.2 Å². The number of carboxylic acids is 1. The van der Waals surface area contributed by atoms with E-state index in [9.17, 15) is 19.5 Å². The van der Waals surface area contributed by atoms with Crippen molar-refractivity contribution in [3.05, 3.63) is 0 Å². The predicted octanol–water partition coefficient (Wildman–Crippen LogP) is 3.54. The first-order chi connectivity index (χ1) is 13.0. The summed E-state index contributed by atoms with van der Waals surface area (Å²) in [7, 11) is 0. The van der Waals surface area contributed by atoms with Crippen molar-refractivity contribution >= 4 is 17.8 Å². The van der Waals surface area contributed by atoms with Gasteiger partial charge in [0.2, 0.25) is 0 Å². The zero-order valence-electron chi connectivity index (χ0n) is 16.2. The average Bonchev–Trinajstić information content (AvgIpc) is 3.25. The van der Waals surface area contributed by atoms with Crippen molar-refractivity contribution in [2.24, 2.45) is 17.8 Å². The molecule has 0 saturated heterocycles. The fraction of sp³-hybridized carbons (Fsp3) is 0.762. The smallest absolute Gasteiger partial charge is 0.407 e. The first kappa shape index (κ1) is 21.3. The number of rotatable bonds is 11. The van der Waals surface area contributed by atoms with Crippen LogP contribution in [0.15, 0.2) is 0 Å². The molecule has 0 aromatic rings. The number of unbranched alkanes of at least 4 members (excludes halogenated alkanes) is 3.